The molecular formula is C28H29N3O. The predicted molar refractivity (Wildman–Crippen MR) is 128 cm³/mol. The summed E-state index contributed by atoms with van der Waals surface area (Å²) in [6.07, 6.45) is 8.78. The molecule has 32 heavy (non-hydrogen) atoms. The van der Waals surface area contributed by atoms with Crippen molar-refractivity contribution >= 4 is 12.0 Å². The van der Waals surface area contributed by atoms with Crippen molar-refractivity contribution in [1.82, 2.24) is 15.2 Å². The summed E-state index contributed by atoms with van der Waals surface area (Å²) in [5.74, 6) is -0.0768. The van der Waals surface area contributed by atoms with Crippen LogP contribution >= 0.6 is 0 Å². The standard InChI is InChI=1S/C28H29N3O/c1-20-27(18-30-28(32)12-11-21-7-3-2-4-8-21)26-13-14-31(19-24(26)17-29-20)25-15-22-9-5-6-10-23(22)16-25/h2-12,17,25H,13-16,18-19H2,1H3,(H,30,32)/b12-11+. The number of benzene rings is 2. The zero-order chi connectivity index (χ0) is 21.9. The van der Waals surface area contributed by atoms with Gasteiger partial charge in [-0.3, -0.25) is 14.7 Å². The first-order valence-corrected chi connectivity index (χ1v) is 11.5. The van der Waals surface area contributed by atoms with E-state index in [1.807, 2.05) is 49.5 Å². The van der Waals surface area contributed by atoms with Crippen LogP contribution in [0.15, 0.2) is 66.9 Å². The second kappa shape index (κ2) is 9.09. The first-order chi connectivity index (χ1) is 15.7. The third-order valence-electron chi connectivity index (χ3n) is 6.84. The minimum atomic E-state index is -0.0768. The molecule has 162 valence electrons. The summed E-state index contributed by atoms with van der Waals surface area (Å²) in [5.41, 5.74) is 8.89. The van der Waals surface area contributed by atoms with Gasteiger partial charge in [0.25, 0.3) is 0 Å². The molecule has 0 atom stereocenters. The second-order valence-corrected chi connectivity index (χ2v) is 8.84. The maximum Gasteiger partial charge on any atom is 0.244 e. The monoisotopic (exact) mass is 423 g/mol. The van der Waals surface area contributed by atoms with Crippen LogP contribution in [0.25, 0.3) is 6.08 Å². The van der Waals surface area contributed by atoms with E-state index in [1.165, 1.54) is 27.8 Å². The van der Waals surface area contributed by atoms with Gasteiger partial charge in [-0.1, -0.05) is 54.6 Å². The van der Waals surface area contributed by atoms with Crippen LogP contribution in [0, 0.1) is 6.92 Å². The van der Waals surface area contributed by atoms with Crippen molar-refractivity contribution in [2.75, 3.05) is 6.54 Å². The van der Waals surface area contributed by atoms with Crippen molar-refractivity contribution < 1.29 is 4.79 Å². The molecule has 5 rings (SSSR count). The van der Waals surface area contributed by atoms with Crippen LogP contribution in [-0.2, 0) is 37.1 Å². The molecule has 1 aliphatic carbocycles. The summed E-state index contributed by atoms with van der Waals surface area (Å²) in [6.45, 7) is 4.57. The summed E-state index contributed by atoms with van der Waals surface area (Å²) in [5, 5.41) is 3.06. The van der Waals surface area contributed by atoms with E-state index in [-0.39, 0.29) is 5.91 Å². The molecule has 0 bridgehead atoms. The maximum absolute atomic E-state index is 12.4. The molecule has 1 aromatic heterocycles. The van der Waals surface area contributed by atoms with Crippen molar-refractivity contribution in [3.63, 3.8) is 0 Å². The average Bonchev–Trinajstić information content (AvgIpc) is 3.27. The Balaban J connectivity index is 1.25. The Kier molecular flexibility index (Phi) is 5.87. The highest BCUT2D eigenvalue weighted by Gasteiger charge is 2.30. The molecule has 0 unspecified atom stereocenters. The van der Waals surface area contributed by atoms with Crippen molar-refractivity contribution in [3.8, 4) is 0 Å². The Morgan fingerprint density at radius 1 is 1.06 bits per heavy atom. The van der Waals surface area contributed by atoms with Crippen LogP contribution < -0.4 is 5.32 Å². The fourth-order valence-corrected chi connectivity index (χ4v) is 5.05. The molecular weight excluding hydrogens is 394 g/mol. The summed E-state index contributed by atoms with van der Waals surface area (Å²) >= 11 is 0. The van der Waals surface area contributed by atoms with E-state index in [4.69, 9.17) is 0 Å². The number of carbonyl (C=O) groups is 1. The van der Waals surface area contributed by atoms with E-state index in [2.05, 4.69) is 39.5 Å². The lowest BCUT2D eigenvalue weighted by molar-refractivity contribution is -0.116. The van der Waals surface area contributed by atoms with Crippen LogP contribution in [0.2, 0.25) is 0 Å². The van der Waals surface area contributed by atoms with Gasteiger partial charge >= 0.3 is 0 Å². The number of nitrogens with one attached hydrogen (secondary N) is 1. The first-order valence-electron chi connectivity index (χ1n) is 11.5. The fourth-order valence-electron chi connectivity index (χ4n) is 5.05. The van der Waals surface area contributed by atoms with E-state index in [0.29, 0.717) is 12.6 Å². The molecule has 0 spiro atoms. The minimum absolute atomic E-state index is 0.0768. The molecule has 0 saturated carbocycles. The molecule has 4 nitrogen and oxygen atoms in total. The molecule has 1 aliphatic heterocycles. The highest BCUT2D eigenvalue weighted by atomic mass is 16.1. The van der Waals surface area contributed by atoms with Gasteiger partial charge in [-0.2, -0.15) is 0 Å². The van der Waals surface area contributed by atoms with Gasteiger partial charge in [0.15, 0.2) is 0 Å². The van der Waals surface area contributed by atoms with Gasteiger partial charge in [-0.05, 0) is 65.6 Å². The highest BCUT2D eigenvalue weighted by molar-refractivity contribution is 5.91. The molecule has 4 heteroatoms. The quantitative estimate of drug-likeness (QED) is 0.624. The summed E-state index contributed by atoms with van der Waals surface area (Å²) in [6, 6.07) is 19.3. The van der Waals surface area contributed by atoms with E-state index in [9.17, 15) is 4.79 Å². The lowest BCUT2D eigenvalue weighted by Gasteiger charge is -2.34. The van der Waals surface area contributed by atoms with Crippen LogP contribution in [0.3, 0.4) is 0 Å². The van der Waals surface area contributed by atoms with Gasteiger partial charge in [0.2, 0.25) is 5.91 Å². The number of rotatable bonds is 5. The SMILES string of the molecule is Cc1ncc2c(c1CNC(=O)/C=C/c1ccccc1)CCN(C1Cc3ccccc3C1)C2. The van der Waals surface area contributed by atoms with Crippen LogP contribution in [0.5, 0.6) is 0 Å². The number of aromatic nitrogens is 1. The number of amides is 1. The van der Waals surface area contributed by atoms with Gasteiger partial charge in [0.05, 0.1) is 0 Å². The van der Waals surface area contributed by atoms with Crippen molar-refractivity contribution in [3.05, 3.63) is 106 Å². The van der Waals surface area contributed by atoms with Crippen LogP contribution in [-0.4, -0.2) is 28.4 Å². The van der Waals surface area contributed by atoms with Crippen LogP contribution in [0.1, 0.15) is 39.1 Å². The highest BCUT2D eigenvalue weighted by Crippen LogP contribution is 2.30. The molecule has 1 N–H and O–H groups in total. The molecule has 3 aromatic rings. The normalized spacial score (nSPS) is 16.2. The number of fused-ring (bicyclic) bond motifs is 2. The summed E-state index contributed by atoms with van der Waals surface area (Å²) in [4.78, 5) is 19.7. The van der Waals surface area contributed by atoms with Gasteiger partial charge < -0.3 is 5.32 Å². The van der Waals surface area contributed by atoms with Crippen molar-refractivity contribution in [1.29, 1.82) is 0 Å². The largest absolute Gasteiger partial charge is 0.348 e. The third kappa shape index (κ3) is 4.37. The van der Waals surface area contributed by atoms with Crippen LogP contribution in [0.4, 0.5) is 0 Å². The number of pyridine rings is 1. The Bertz CT molecular complexity index is 1130. The van der Waals surface area contributed by atoms with E-state index < -0.39 is 0 Å². The van der Waals surface area contributed by atoms with Crippen molar-refractivity contribution in [2.24, 2.45) is 0 Å². The lowest BCUT2D eigenvalue weighted by Crippen LogP contribution is -2.40. The molecule has 0 fully saturated rings. The second-order valence-electron chi connectivity index (χ2n) is 8.84. The Hall–Kier alpha value is -3.24. The number of aryl methyl sites for hydroxylation is 1. The molecule has 0 saturated heterocycles. The Labute approximate surface area is 190 Å². The number of hydrogen-bond donors (Lipinski definition) is 1. The van der Waals surface area contributed by atoms with Gasteiger partial charge in [-0.25, -0.2) is 0 Å². The van der Waals surface area contributed by atoms with Crippen molar-refractivity contribution in [2.45, 2.75) is 45.3 Å². The van der Waals surface area contributed by atoms with Gasteiger partial charge in [0.1, 0.15) is 0 Å². The van der Waals surface area contributed by atoms with E-state index >= 15 is 0 Å². The topological polar surface area (TPSA) is 45.2 Å². The third-order valence-corrected chi connectivity index (χ3v) is 6.84. The number of nitrogens with zero attached hydrogens (tertiary/aromatic N) is 2. The Morgan fingerprint density at radius 3 is 2.53 bits per heavy atom. The summed E-state index contributed by atoms with van der Waals surface area (Å²) < 4.78 is 0. The lowest BCUT2D eigenvalue weighted by atomic mass is 9.93. The molecule has 1 amide bonds. The predicted octanol–water partition coefficient (Wildman–Crippen LogP) is 4.25. The van der Waals surface area contributed by atoms with E-state index in [0.717, 1.165) is 43.6 Å². The zero-order valence-corrected chi connectivity index (χ0v) is 18.6. The smallest absolute Gasteiger partial charge is 0.244 e. The number of carbonyl (C=O) groups excluding carboxylic acids is 1. The molecule has 2 aromatic carbocycles. The minimum Gasteiger partial charge on any atom is -0.348 e. The average molecular weight is 424 g/mol. The fraction of sp³-hybridized carbons (Fsp3) is 0.286. The molecule has 2 aliphatic rings. The van der Waals surface area contributed by atoms with Gasteiger partial charge in [0, 0.05) is 43.6 Å². The summed E-state index contributed by atoms with van der Waals surface area (Å²) in [7, 11) is 0. The molecule has 0 radical (unpaired) electrons. The Morgan fingerprint density at radius 2 is 1.78 bits per heavy atom. The maximum atomic E-state index is 12.4. The zero-order valence-electron chi connectivity index (χ0n) is 18.6. The molecule has 2 heterocycles. The van der Waals surface area contributed by atoms with Gasteiger partial charge in [-0.15, -0.1) is 0 Å². The van der Waals surface area contributed by atoms with E-state index in [1.54, 1.807) is 6.08 Å². The number of hydrogen-bond acceptors (Lipinski definition) is 3. The first kappa shape index (κ1) is 20.7.